The lowest BCUT2D eigenvalue weighted by Gasteiger charge is -2.21. The second kappa shape index (κ2) is 6.38. The lowest BCUT2D eigenvalue weighted by atomic mass is 10.1. The molecule has 0 atom stereocenters. The molecule has 0 aliphatic heterocycles. The lowest BCUT2D eigenvalue weighted by molar-refractivity contribution is 0.0527. The minimum Gasteiger partial charge on any atom is -0.462 e. The van der Waals surface area contributed by atoms with Crippen molar-refractivity contribution in [1.82, 2.24) is 4.98 Å². The predicted octanol–water partition coefficient (Wildman–Crippen LogP) is 2.54. The van der Waals surface area contributed by atoms with E-state index < -0.39 is 0 Å². The number of hydrogen-bond acceptors (Lipinski definition) is 6. The fraction of sp³-hybridized carbons (Fsp3) is 0.286. The van der Waals surface area contributed by atoms with Crippen molar-refractivity contribution >= 4 is 28.7 Å². The zero-order valence-electron chi connectivity index (χ0n) is 11.5. The van der Waals surface area contributed by atoms with E-state index in [1.54, 1.807) is 35.9 Å². The van der Waals surface area contributed by atoms with E-state index in [2.05, 4.69) is 4.98 Å². The number of ether oxygens (including phenoxy) is 1. The Balaban J connectivity index is 2.27. The van der Waals surface area contributed by atoms with E-state index in [1.807, 2.05) is 23.4 Å². The number of nitrogens with zero attached hydrogens (tertiary/aromatic N) is 2. The van der Waals surface area contributed by atoms with Crippen molar-refractivity contribution in [2.75, 3.05) is 24.3 Å². The summed E-state index contributed by atoms with van der Waals surface area (Å²) in [6, 6.07) is 5.24. The third-order valence-corrected chi connectivity index (χ3v) is 3.45. The molecular formula is C14H17N3O2S. The Kier molecular flexibility index (Phi) is 4.57. The Morgan fingerprint density at radius 2 is 2.30 bits per heavy atom. The number of esters is 1. The van der Waals surface area contributed by atoms with Gasteiger partial charge in [0.2, 0.25) is 0 Å². The van der Waals surface area contributed by atoms with Crippen molar-refractivity contribution in [2.24, 2.45) is 0 Å². The number of aromatic nitrogens is 1. The third-order valence-electron chi connectivity index (χ3n) is 2.81. The second-order valence-corrected chi connectivity index (χ2v) is 5.05. The molecule has 1 aromatic heterocycles. The first-order valence-electron chi connectivity index (χ1n) is 6.26. The van der Waals surface area contributed by atoms with Crippen LogP contribution in [-0.2, 0) is 11.3 Å². The number of hydrogen-bond donors (Lipinski definition) is 1. The molecule has 2 N–H and O–H groups in total. The Labute approximate surface area is 122 Å². The lowest BCUT2D eigenvalue weighted by Crippen LogP contribution is -2.20. The van der Waals surface area contributed by atoms with E-state index in [0.29, 0.717) is 24.4 Å². The minimum absolute atomic E-state index is 0.336. The fourth-order valence-corrected chi connectivity index (χ4v) is 2.45. The maximum absolute atomic E-state index is 12.0. The van der Waals surface area contributed by atoms with Gasteiger partial charge in [-0.05, 0) is 25.1 Å². The molecular weight excluding hydrogens is 274 g/mol. The molecule has 2 rings (SSSR count). The van der Waals surface area contributed by atoms with Crippen LogP contribution in [0.1, 0.15) is 23.0 Å². The molecule has 1 heterocycles. The zero-order chi connectivity index (χ0) is 14.5. The number of nitrogens with two attached hydrogens (primary N) is 1. The average Bonchev–Trinajstić information content (AvgIpc) is 2.91. The van der Waals surface area contributed by atoms with Crippen LogP contribution in [0.15, 0.2) is 29.1 Å². The van der Waals surface area contributed by atoms with Gasteiger partial charge in [0, 0.05) is 18.1 Å². The third kappa shape index (κ3) is 3.27. The molecule has 0 fully saturated rings. The van der Waals surface area contributed by atoms with E-state index >= 15 is 0 Å². The highest BCUT2D eigenvalue weighted by Gasteiger charge is 2.16. The van der Waals surface area contributed by atoms with Crippen LogP contribution in [-0.4, -0.2) is 24.6 Å². The van der Waals surface area contributed by atoms with Gasteiger partial charge in [-0.1, -0.05) is 0 Å². The van der Waals surface area contributed by atoms with Crippen molar-refractivity contribution in [3.8, 4) is 0 Å². The first-order chi connectivity index (χ1) is 9.61. The monoisotopic (exact) mass is 291 g/mol. The maximum atomic E-state index is 12.0. The Morgan fingerprint density at radius 3 is 2.95 bits per heavy atom. The van der Waals surface area contributed by atoms with Gasteiger partial charge < -0.3 is 15.4 Å². The van der Waals surface area contributed by atoms with E-state index in [-0.39, 0.29) is 5.97 Å². The standard InChI is InChI=1S/C14H17N3O2S/c1-3-19-14(18)12-6-10(15)4-5-13(12)17(2)7-11-8-20-9-16-11/h4-6,8-9H,3,7,15H2,1-2H3. The summed E-state index contributed by atoms with van der Waals surface area (Å²) < 4.78 is 5.07. The molecule has 0 radical (unpaired) electrons. The number of thiazole rings is 1. The van der Waals surface area contributed by atoms with Gasteiger partial charge in [-0.15, -0.1) is 11.3 Å². The Hall–Kier alpha value is -2.08. The van der Waals surface area contributed by atoms with Crippen LogP contribution in [0.4, 0.5) is 11.4 Å². The van der Waals surface area contributed by atoms with Crippen LogP contribution in [0, 0.1) is 0 Å². The molecule has 2 aromatic rings. The normalized spacial score (nSPS) is 10.3. The summed E-state index contributed by atoms with van der Waals surface area (Å²) in [6.45, 7) is 2.74. The van der Waals surface area contributed by atoms with Crippen LogP contribution in [0.2, 0.25) is 0 Å². The van der Waals surface area contributed by atoms with Gasteiger partial charge in [-0.2, -0.15) is 0 Å². The molecule has 0 unspecified atom stereocenters. The molecule has 0 aliphatic carbocycles. The first-order valence-corrected chi connectivity index (χ1v) is 7.21. The average molecular weight is 291 g/mol. The van der Waals surface area contributed by atoms with Crippen LogP contribution >= 0.6 is 11.3 Å². The molecule has 1 aromatic carbocycles. The van der Waals surface area contributed by atoms with E-state index in [4.69, 9.17) is 10.5 Å². The Bertz CT molecular complexity index is 584. The molecule has 0 saturated heterocycles. The number of carbonyl (C=O) groups excluding carboxylic acids is 1. The van der Waals surface area contributed by atoms with Gasteiger partial charge in [0.25, 0.3) is 0 Å². The largest absolute Gasteiger partial charge is 0.462 e. The highest BCUT2D eigenvalue weighted by atomic mass is 32.1. The summed E-state index contributed by atoms with van der Waals surface area (Å²) >= 11 is 1.55. The van der Waals surface area contributed by atoms with Crippen LogP contribution in [0.3, 0.4) is 0 Å². The number of carbonyl (C=O) groups is 1. The molecule has 20 heavy (non-hydrogen) atoms. The number of nitrogen functional groups attached to an aromatic ring is 1. The van der Waals surface area contributed by atoms with Gasteiger partial charge in [0.15, 0.2) is 0 Å². The van der Waals surface area contributed by atoms with Crippen molar-refractivity contribution in [2.45, 2.75) is 13.5 Å². The highest BCUT2D eigenvalue weighted by Crippen LogP contribution is 2.24. The zero-order valence-corrected chi connectivity index (χ0v) is 12.3. The topological polar surface area (TPSA) is 68.5 Å². The summed E-state index contributed by atoms with van der Waals surface area (Å²) in [7, 11) is 1.91. The van der Waals surface area contributed by atoms with Crippen LogP contribution < -0.4 is 10.6 Å². The summed E-state index contributed by atoms with van der Waals surface area (Å²) in [6.07, 6.45) is 0. The second-order valence-electron chi connectivity index (χ2n) is 4.33. The van der Waals surface area contributed by atoms with E-state index in [9.17, 15) is 4.79 Å². The van der Waals surface area contributed by atoms with Gasteiger partial charge in [-0.3, -0.25) is 0 Å². The SMILES string of the molecule is CCOC(=O)c1cc(N)ccc1N(C)Cc1cscn1. The molecule has 0 amide bonds. The highest BCUT2D eigenvalue weighted by molar-refractivity contribution is 7.07. The predicted molar refractivity (Wildman–Crippen MR) is 81.0 cm³/mol. The van der Waals surface area contributed by atoms with Crippen molar-refractivity contribution in [3.63, 3.8) is 0 Å². The summed E-state index contributed by atoms with van der Waals surface area (Å²) in [5, 5.41) is 1.98. The number of rotatable bonds is 5. The van der Waals surface area contributed by atoms with Crippen molar-refractivity contribution < 1.29 is 9.53 Å². The van der Waals surface area contributed by atoms with Gasteiger partial charge in [0.05, 0.1) is 35.6 Å². The molecule has 0 aliphatic rings. The smallest absolute Gasteiger partial charge is 0.340 e. The Morgan fingerprint density at radius 1 is 1.50 bits per heavy atom. The maximum Gasteiger partial charge on any atom is 0.340 e. The van der Waals surface area contributed by atoms with Crippen molar-refractivity contribution in [1.29, 1.82) is 0 Å². The van der Waals surface area contributed by atoms with Gasteiger partial charge in [-0.25, -0.2) is 9.78 Å². The summed E-state index contributed by atoms with van der Waals surface area (Å²) in [5.41, 5.74) is 10.3. The van der Waals surface area contributed by atoms with Crippen LogP contribution in [0.25, 0.3) is 0 Å². The number of anilines is 2. The molecule has 5 nitrogen and oxygen atoms in total. The molecule has 0 bridgehead atoms. The summed E-state index contributed by atoms with van der Waals surface area (Å²) in [5.74, 6) is -0.361. The summed E-state index contributed by atoms with van der Waals surface area (Å²) in [4.78, 5) is 18.2. The molecule has 6 heteroatoms. The van der Waals surface area contributed by atoms with E-state index in [1.165, 1.54) is 0 Å². The number of benzene rings is 1. The molecule has 106 valence electrons. The first kappa shape index (κ1) is 14.3. The minimum atomic E-state index is -0.361. The van der Waals surface area contributed by atoms with Gasteiger partial charge >= 0.3 is 5.97 Å². The van der Waals surface area contributed by atoms with E-state index in [0.717, 1.165) is 11.4 Å². The van der Waals surface area contributed by atoms with Crippen molar-refractivity contribution in [3.05, 3.63) is 40.3 Å². The van der Waals surface area contributed by atoms with Gasteiger partial charge in [0.1, 0.15) is 0 Å². The quantitative estimate of drug-likeness (QED) is 0.677. The molecule has 0 saturated carbocycles. The van der Waals surface area contributed by atoms with Crippen LogP contribution in [0.5, 0.6) is 0 Å². The fourth-order valence-electron chi connectivity index (χ4n) is 1.90. The molecule has 0 spiro atoms.